The van der Waals surface area contributed by atoms with Gasteiger partial charge in [0.05, 0.1) is 5.69 Å². The standard InChI is InChI=1S/C17H23N3O/c21-17(9-8-14-5-1-2-6-14)18-11-10-15-13-20-12-4-3-7-16(20)19-15/h3-4,7,12-14H,1-2,5-6,8-11H2,(H,18,21). The molecule has 0 atom stereocenters. The molecular weight excluding hydrogens is 262 g/mol. The van der Waals surface area contributed by atoms with Crippen LogP contribution in [-0.4, -0.2) is 21.8 Å². The molecule has 0 saturated heterocycles. The van der Waals surface area contributed by atoms with Gasteiger partial charge in [-0.3, -0.25) is 4.79 Å². The lowest BCUT2D eigenvalue weighted by Gasteiger charge is -2.08. The second-order valence-electron chi connectivity index (χ2n) is 5.99. The summed E-state index contributed by atoms with van der Waals surface area (Å²) >= 11 is 0. The number of fused-ring (bicyclic) bond motifs is 1. The quantitative estimate of drug-likeness (QED) is 0.887. The Balaban J connectivity index is 1.39. The highest BCUT2D eigenvalue weighted by molar-refractivity contribution is 5.75. The van der Waals surface area contributed by atoms with Gasteiger partial charge in [-0.25, -0.2) is 4.98 Å². The van der Waals surface area contributed by atoms with Crippen LogP contribution in [0.2, 0.25) is 0 Å². The zero-order valence-corrected chi connectivity index (χ0v) is 12.4. The first kappa shape index (κ1) is 14.1. The lowest BCUT2D eigenvalue weighted by atomic mass is 10.0. The van der Waals surface area contributed by atoms with Gasteiger partial charge in [-0.15, -0.1) is 0 Å². The summed E-state index contributed by atoms with van der Waals surface area (Å²) in [6.07, 6.45) is 11.9. The molecule has 0 radical (unpaired) electrons. The number of hydrogen-bond donors (Lipinski definition) is 1. The Morgan fingerprint density at radius 3 is 3.00 bits per heavy atom. The Bertz CT molecular complexity index is 566. The molecule has 0 aliphatic heterocycles. The van der Waals surface area contributed by atoms with Gasteiger partial charge < -0.3 is 9.72 Å². The molecule has 0 unspecified atom stereocenters. The molecule has 2 aromatic rings. The fourth-order valence-electron chi connectivity index (χ4n) is 3.16. The Hall–Kier alpha value is -1.84. The van der Waals surface area contributed by atoms with Crippen molar-refractivity contribution in [2.24, 2.45) is 5.92 Å². The second-order valence-corrected chi connectivity index (χ2v) is 5.99. The van der Waals surface area contributed by atoms with E-state index in [9.17, 15) is 4.79 Å². The van der Waals surface area contributed by atoms with Crippen molar-refractivity contribution in [3.05, 3.63) is 36.3 Å². The Morgan fingerprint density at radius 1 is 1.33 bits per heavy atom. The Labute approximate surface area is 125 Å². The van der Waals surface area contributed by atoms with Gasteiger partial charge >= 0.3 is 0 Å². The molecule has 1 amide bonds. The smallest absolute Gasteiger partial charge is 0.220 e. The summed E-state index contributed by atoms with van der Waals surface area (Å²) in [5.74, 6) is 0.972. The molecule has 0 aromatic carbocycles. The van der Waals surface area contributed by atoms with E-state index in [-0.39, 0.29) is 5.91 Å². The van der Waals surface area contributed by atoms with E-state index in [4.69, 9.17) is 0 Å². The van der Waals surface area contributed by atoms with E-state index in [0.29, 0.717) is 13.0 Å². The summed E-state index contributed by atoms with van der Waals surface area (Å²) in [7, 11) is 0. The van der Waals surface area contributed by atoms with Crippen LogP contribution in [-0.2, 0) is 11.2 Å². The molecular formula is C17H23N3O. The maximum Gasteiger partial charge on any atom is 0.220 e. The van der Waals surface area contributed by atoms with Gasteiger partial charge in [0.2, 0.25) is 5.91 Å². The molecule has 1 aliphatic carbocycles. The number of rotatable bonds is 6. The summed E-state index contributed by atoms with van der Waals surface area (Å²) in [5.41, 5.74) is 1.98. The monoisotopic (exact) mass is 285 g/mol. The number of pyridine rings is 1. The van der Waals surface area contributed by atoms with Crippen molar-refractivity contribution in [3.8, 4) is 0 Å². The fourth-order valence-corrected chi connectivity index (χ4v) is 3.16. The van der Waals surface area contributed by atoms with E-state index >= 15 is 0 Å². The SMILES string of the molecule is O=C(CCC1CCCC1)NCCc1cn2ccccc2n1. The molecule has 1 fully saturated rings. The number of amides is 1. The van der Waals surface area contributed by atoms with Gasteiger partial charge in [-0.1, -0.05) is 31.7 Å². The number of nitrogens with one attached hydrogen (secondary N) is 1. The molecule has 0 bridgehead atoms. The van der Waals surface area contributed by atoms with Gasteiger partial charge in [0.15, 0.2) is 0 Å². The van der Waals surface area contributed by atoms with Crippen LogP contribution in [0.25, 0.3) is 5.65 Å². The van der Waals surface area contributed by atoms with Crippen molar-refractivity contribution in [1.82, 2.24) is 14.7 Å². The van der Waals surface area contributed by atoms with Crippen molar-refractivity contribution in [3.63, 3.8) is 0 Å². The minimum absolute atomic E-state index is 0.186. The average molecular weight is 285 g/mol. The molecule has 4 nitrogen and oxygen atoms in total. The third-order valence-corrected chi connectivity index (χ3v) is 4.37. The Kier molecular flexibility index (Phi) is 4.53. The second kappa shape index (κ2) is 6.74. The molecule has 112 valence electrons. The van der Waals surface area contributed by atoms with E-state index in [1.165, 1.54) is 25.7 Å². The first-order chi connectivity index (χ1) is 10.3. The van der Waals surface area contributed by atoms with Crippen molar-refractivity contribution in [2.45, 2.75) is 44.9 Å². The van der Waals surface area contributed by atoms with E-state index in [0.717, 1.165) is 30.1 Å². The number of hydrogen-bond acceptors (Lipinski definition) is 2. The summed E-state index contributed by atoms with van der Waals surface area (Å²) in [4.78, 5) is 16.4. The van der Waals surface area contributed by atoms with Crippen molar-refractivity contribution in [2.75, 3.05) is 6.54 Å². The highest BCUT2D eigenvalue weighted by Gasteiger charge is 2.15. The largest absolute Gasteiger partial charge is 0.356 e. The molecule has 21 heavy (non-hydrogen) atoms. The van der Waals surface area contributed by atoms with Crippen LogP contribution in [0.4, 0.5) is 0 Å². The first-order valence-corrected chi connectivity index (χ1v) is 8.00. The summed E-state index contributed by atoms with van der Waals surface area (Å²) < 4.78 is 2.01. The maximum absolute atomic E-state index is 11.8. The number of nitrogens with zero attached hydrogens (tertiary/aromatic N) is 2. The van der Waals surface area contributed by atoms with Crippen LogP contribution in [0.5, 0.6) is 0 Å². The van der Waals surface area contributed by atoms with Crippen LogP contribution in [0, 0.1) is 5.92 Å². The van der Waals surface area contributed by atoms with E-state index in [2.05, 4.69) is 10.3 Å². The summed E-state index contributed by atoms with van der Waals surface area (Å²) in [5, 5.41) is 3.01. The lowest BCUT2D eigenvalue weighted by molar-refractivity contribution is -0.121. The minimum Gasteiger partial charge on any atom is -0.356 e. The molecule has 0 spiro atoms. The van der Waals surface area contributed by atoms with Gasteiger partial charge in [0.25, 0.3) is 0 Å². The molecule has 2 heterocycles. The molecule has 3 rings (SSSR count). The van der Waals surface area contributed by atoms with Gasteiger partial charge in [-0.05, 0) is 24.5 Å². The molecule has 1 N–H and O–H groups in total. The predicted octanol–water partition coefficient (Wildman–Crippen LogP) is 2.96. The third kappa shape index (κ3) is 3.84. The fraction of sp³-hybridized carbons (Fsp3) is 0.529. The highest BCUT2D eigenvalue weighted by atomic mass is 16.1. The van der Waals surface area contributed by atoms with Crippen molar-refractivity contribution in [1.29, 1.82) is 0 Å². The summed E-state index contributed by atoms with van der Waals surface area (Å²) in [6, 6.07) is 5.96. The summed E-state index contributed by atoms with van der Waals surface area (Å²) in [6.45, 7) is 0.674. The maximum atomic E-state index is 11.8. The normalized spacial score (nSPS) is 15.6. The predicted molar refractivity (Wildman–Crippen MR) is 83.1 cm³/mol. The van der Waals surface area contributed by atoms with Crippen molar-refractivity contribution >= 4 is 11.6 Å². The molecule has 1 saturated carbocycles. The Morgan fingerprint density at radius 2 is 2.19 bits per heavy atom. The van der Waals surface area contributed by atoms with Crippen LogP contribution < -0.4 is 5.32 Å². The zero-order valence-electron chi connectivity index (χ0n) is 12.4. The zero-order chi connectivity index (χ0) is 14.5. The number of imidazole rings is 1. The van der Waals surface area contributed by atoms with Crippen LogP contribution in [0.3, 0.4) is 0 Å². The average Bonchev–Trinajstić information content (AvgIpc) is 3.14. The van der Waals surface area contributed by atoms with Crippen molar-refractivity contribution < 1.29 is 4.79 Å². The highest BCUT2D eigenvalue weighted by Crippen LogP contribution is 2.28. The number of carbonyl (C=O) groups excluding carboxylic acids is 1. The number of carbonyl (C=O) groups is 1. The van der Waals surface area contributed by atoms with E-state index in [1.807, 2.05) is 35.0 Å². The van der Waals surface area contributed by atoms with Crippen LogP contribution >= 0.6 is 0 Å². The first-order valence-electron chi connectivity index (χ1n) is 8.00. The lowest BCUT2D eigenvalue weighted by Crippen LogP contribution is -2.25. The van der Waals surface area contributed by atoms with Crippen LogP contribution in [0.15, 0.2) is 30.6 Å². The van der Waals surface area contributed by atoms with Gasteiger partial charge in [0, 0.05) is 31.8 Å². The van der Waals surface area contributed by atoms with E-state index < -0.39 is 0 Å². The molecule has 4 heteroatoms. The topological polar surface area (TPSA) is 46.4 Å². The van der Waals surface area contributed by atoms with Crippen LogP contribution in [0.1, 0.15) is 44.2 Å². The molecule has 1 aliphatic rings. The van der Waals surface area contributed by atoms with E-state index in [1.54, 1.807) is 0 Å². The van der Waals surface area contributed by atoms with Gasteiger partial charge in [0.1, 0.15) is 5.65 Å². The minimum atomic E-state index is 0.186. The number of aromatic nitrogens is 2. The van der Waals surface area contributed by atoms with Gasteiger partial charge in [-0.2, -0.15) is 0 Å². The molecule has 2 aromatic heterocycles. The third-order valence-electron chi connectivity index (χ3n) is 4.37.